The van der Waals surface area contributed by atoms with E-state index < -0.39 is 10.8 Å². The predicted molar refractivity (Wildman–Crippen MR) is 127 cm³/mol. The van der Waals surface area contributed by atoms with Crippen LogP contribution < -0.4 is 25.4 Å². The third-order valence-corrected chi connectivity index (χ3v) is 5.04. The normalized spacial score (nSPS) is 10.9. The van der Waals surface area contributed by atoms with E-state index in [9.17, 15) is 14.9 Å². The molecule has 0 fully saturated rings. The van der Waals surface area contributed by atoms with E-state index in [1.54, 1.807) is 12.1 Å². The van der Waals surface area contributed by atoms with Gasteiger partial charge in [-0.2, -0.15) is 9.78 Å². The highest BCUT2D eigenvalue weighted by Crippen LogP contribution is 2.39. The molecule has 1 amide bonds. The first-order valence-electron chi connectivity index (χ1n) is 10.3. The Kier molecular flexibility index (Phi) is 6.90. The highest BCUT2D eigenvalue weighted by atomic mass is 16.6. The highest BCUT2D eigenvalue weighted by Gasteiger charge is 2.25. The number of hydrazone groups is 1. The molecule has 190 valence electrons. The lowest BCUT2D eigenvalue weighted by Crippen LogP contribution is -2.19. The Labute approximate surface area is 207 Å². The van der Waals surface area contributed by atoms with E-state index in [1.807, 2.05) is 0 Å². The molecule has 0 saturated carbocycles. The zero-order valence-corrected chi connectivity index (χ0v) is 19.6. The molecule has 0 aliphatic carbocycles. The number of benzene rings is 2. The number of hydrogen-bond acceptors (Lipinski definition) is 13. The Morgan fingerprint density at radius 3 is 2.43 bits per heavy atom. The SMILES string of the molecule is COc1ccc(/C=N/NC(=O)c2nnn(-c3nonc3N)c2-c2ccc([N+](=O)[O-])cc2)c(OC)c1OC. The van der Waals surface area contributed by atoms with Gasteiger partial charge < -0.3 is 19.9 Å². The van der Waals surface area contributed by atoms with Crippen molar-refractivity contribution < 1.29 is 28.6 Å². The van der Waals surface area contributed by atoms with E-state index in [1.165, 1.54) is 51.8 Å². The van der Waals surface area contributed by atoms with Crippen molar-refractivity contribution in [1.82, 2.24) is 30.7 Å². The van der Waals surface area contributed by atoms with E-state index in [0.29, 0.717) is 28.4 Å². The van der Waals surface area contributed by atoms with Gasteiger partial charge in [-0.15, -0.1) is 5.10 Å². The minimum Gasteiger partial charge on any atom is -0.493 e. The number of nitro benzene ring substituents is 1. The highest BCUT2D eigenvalue weighted by molar-refractivity contribution is 5.99. The summed E-state index contributed by atoms with van der Waals surface area (Å²) in [6.45, 7) is 0. The van der Waals surface area contributed by atoms with Gasteiger partial charge in [0.1, 0.15) is 5.69 Å². The lowest BCUT2D eigenvalue weighted by atomic mass is 10.1. The number of nitrogens with zero attached hydrogens (tertiary/aromatic N) is 7. The maximum Gasteiger partial charge on any atom is 0.294 e. The van der Waals surface area contributed by atoms with Gasteiger partial charge in [-0.1, -0.05) is 5.21 Å². The van der Waals surface area contributed by atoms with Crippen molar-refractivity contribution in [3.8, 4) is 34.3 Å². The maximum absolute atomic E-state index is 13.0. The lowest BCUT2D eigenvalue weighted by molar-refractivity contribution is -0.384. The van der Waals surface area contributed by atoms with E-state index in [4.69, 9.17) is 19.9 Å². The number of nitrogens with two attached hydrogens (primary N) is 1. The molecule has 0 unspecified atom stereocenters. The summed E-state index contributed by atoms with van der Waals surface area (Å²) in [6, 6.07) is 8.69. The van der Waals surface area contributed by atoms with Gasteiger partial charge >= 0.3 is 0 Å². The van der Waals surface area contributed by atoms with Crippen LogP contribution in [0.3, 0.4) is 0 Å². The molecule has 0 spiro atoms. The van der Waals surface area contributed by atoms with E-state index >= 15 is 0 Å². The van der Waals surface area contributed by atoms with Crippen molar-refractivity contribution in [3.63, 3.8) is 0 Å². The summed E-state index contributed by atoms with van der Waals surface area (Å²) in [5, 5.41) is 30.1. The molecule has 0 bridgehead atoms. The molecule has 0 saturated heterocycles. The standard InChI is InChI=1S/C21H19N9O7/c1-34-14-9-6-12(17(35-2)18(14)36-3)10-23-25-21(31)15-16(11-4-7-13(8-5-11)30(32)33)29(28-24-15)20-19(22)26-37-27-20/h4-10H,1-3H3,(H2,22,26)(H,25,31)/b23-10+. The van der Waals surface area contributed by atoms with Crippen molar-refractivity contribution >= 4 is 23.6 Å². The van der Waals surface area contributed by atoms with Gasteiger partial charge in [0.15, 0.2) is 17.2 Å². The number of non-ortho nitro benzene ring substituents is 1. The second-order valence-electron chi connectivity index (χ2n) is 7.10. The van der Waals surface area contributed by atoms with Crippen molar-refractivity contribution in [3.05, 3.63) is 57.8 Å². The Bertz CT molecular complexity index is 1480. The first-order chi connectivity index (χ1) is 17.9. The van der Waals surface area contributed by atoms with E-state index in [0.717, 1.165) is 4.68 Å². The van der Waals surface area contributed by atoms with Crippen LogP contribution in [0.15, 0.2) is 46.1 Å². The number of amides is 1. The number of nitro groups is 1. The number of nitrogens with one attached hydrogen (secondary N) is 1. The fraction of sp³-hybridized carbons (Fsp3) is 0.143. The Hall–Kier alpha value is -5.54. The number of rotatable bonds is 9. The molecule has 3 N–H and O–H groups in total. The number of nitrogen functional groups attached to an aromatic ring is 1. The van der Waals surface area contributed by atoms with Crippen molar-refractivity contribution in [2.24, 2.45) is 5.10 Å². The Balaban J connectivity index is 1.68. The second-order valence-corrected chi connectivity index (χ2v) is 7.10. The largest absolute Gasteiger partial charge is 0.493 e. The number of carbonyl (C=O) groups is 1. The van der Waals surface area contributed by atoms with Crippen molar-refractivity contribution in [1.29, 1.82) is 0 Å². The quantitative estimate of drug-likeness (QED) is 0.187. The minimum absolute atomic E-state index is 0.0292. The number of carbonyl (C=O) groups excluding carboxylic acids is 1. The van der Waals surface area contributed by atoms with E-state index in [2.05, 4.69) is 35.8 Å². The van der Waals surface area contributed by atoms with Crippen molar-refractivity contribution in [2.45, 2.75) is 0 Å². The average molecular weight is 509 g/mol. The van der Waals surface area contributed by atoms with Gasteiger partial charge in [0.05, 0.1) is 32.5 Å². The molecule has 0 atom stereocenters. The fourth-order valence-corrected chi connectivity index (χ4v) is 3.36. The molecule has 2 heterocycles. The summed E-state index contributed by atoms with van der Waals surface area (Å²) in [5.41, 5.74) is 8.79. The summed E-state index contributed by atoms with van der Waals surface area (Å²) in [5.74, 6) is 0.253. The molecule has 16 heteroatoms. The topological polar surface area (TPSA) is 208 Å². The lowest BCUT2D eigenvalue weighted by Gasteiger charge is -2.13. The smallest absolute Gasteiger partial charge is 0.294 e. The summed E-state index contributed by atoms with van der Waals surface area (Å²) in [4.78, 5) is 23.5. The van der Waals surface area contributed by atoms with Crippen LogP contribution in [-0.2, 0) is 0 Å². The molecular weight excluding hydrogens is 490 g/mol. The Morgan fingerprint density at radius 1 is 1.11 bits per heavy atom. The van der Waals surface area contributed by atoms with Gasteiger partial charge in [-0.3, -0.25) is 14.9 Å². The first kappa shape index (κ1) is 24.6. The maximum atomic E-state index is 13.0. The van der Waals surface area contributed by atoms with Crippen molar-refractivity contribution in [2.75, 3.05) is 27.1 Å². The fourth-order valence-electron chi connectivity index (χ4n) is 3.36. The van der Waals surface area contributed by atoms with E-state index in [-0.39, 0.29) is 28.7 Å². The van der Waals surface area contributed by atoms with Crippen LogP contribution >= 0.6 is 0 Å². The van der Waals surface area contributed by atoms with Gasteiger partial charge in [0.25, 0.3) is 11.6 Å². The van der Waals surface area contributed by atoms with Crippen LogP contribution in [0.25, 0.3) is 17.1 Å². The number of methoxy groups -OCH3 is 3. The zero-order chi connectivity index (χ0) is 26.5. The molecule has 0 aliphatic heterocycles. The Morgan fingerprint density at radius 2 is 1.84 bits per heavy atom. The molecule has 16 nitrogen and oxygen atoms in total. The molecule has 37 heavy (non-hydrogen) atoms. The minimum atomic E-state index is -0.745. The molecule has 4 rings (SSSR count). The number of aromatic nitrogens is 5. The number of ether oxygens (including phenoxy) is 3. The van der Waals surface area contributed by atoms with Crippen LogP contribution in [-0.4, -0.2) is 63.7 Å². The van der Waals surface area contributed by atoms with Gasteiger partial charge in [0.2, 0.25) is 17.4 Å². The summed E-state index contributed by atoms with van der Waals surface area (Å²) >= 11 is 0. The molecular formula is C21H19N9O7. The van der Waals surface area contributed by atoms with Crippen LogP contribution in [0.4, 0.5) is 11.5 Å². The molecule has 4 aromatic rings. The van der Waals surface area contributed by atoms with Gasteiger partial charge in [-0.05, 0) is 34.6 Å². The second kappa shape index (κ2) is 10.4. The monoisotopic (exact) mass is 509 g/mol. The van der Waals surface area contributed by atoms with Gasteiger partial charge in [-0.25, -0.2) is 10.1 Å². The molecule has 0 radical (unpaired) electrons. The summed E-state index contributed by atoms with van der Waals surface area (Å²) < 4.78 is 21.7. The predicted octanol–water partition coefficient (Wildman–Crippen LogP) is 1.60. The average Bonchev–Trinajstić information content (AvgIpc) is 3.54. The van der Waals surface area contributed by atoms with Crippen LogP contribution in [0.5, 0.6) is 17.2 Å². The number of anilines is 1. The van der Waals surface area contributed by atoms with Crippen LogP contribution in [0, 0.1) is 10.1 Å². The molecule has 0 aliphatic rings. The van der Waals surface area contributed by atoms with Crippen LogP contribution in [0.1, 0.15) is 16.1 Å². The van der Waals surface area contributed by atoms with Crippen LogP contribution in [0.2, 0.25) is 0 Å². The molecule has 2 aromatic heterocycles. The van der Waals surface area contributed by atoms with Gasteiger partial charge in [0, 0.05) is 23.3 Å². The third kappa shape index (κ3) is 4.70. The summed E-state index contributed by atoms with van der Waals surface area (Å²) in [6.07, 6.45) is 1.34. The zero-order valence-electron chi connectivity index (χ0n) is 19.6. The first-order valence-corrected chi connectivity index (χ1v) is 10.3. The third-order valence-electron chi connectivity index (χ3n) is 5.04. The molecule has 2 aromatic carbocycles. The number of hydrogen-bond donors (Lipinski definition) is 2. The summed E-state index contributed by atoms with van der Waals surface area (Å²) in [7, 11) is 4.40.